The van der Waals surface area contributed by atoms with Crippen molar-refractivity contribution in [2.75, 3.05) is 0 Å². The Labute approximate surface area is 105 Å². The van der Waals surface area contributed by atoms with Crippen LogP contribution in [-0.4, -0.2) is 10.1 Å². The van der Waals surface area contributed by atoms with E-state index in [4.69, 9.17) is 11.6 Å². The van der Waals surface area contributed by atoms with Gasteiger partial charge in [-0.05, 0) is 47.7 Å². The molecule has 0 spiro atoms. The number of aryl methyl sites for hydroxylation is 2. The molecular weight excluding hydrogens is 234 g/mol. The Morgan fingerprint density at radius 3 is 2.88 bits per heavy atom. The van der Waals surface area contributed by atoms with Gasteiger partial charge in [0, 0.05) is 11.2 Å². The molecule has 3 heteroatoms. The standard InChI is InChI=1S/C14H12ClNO/c15-11-5-6-12-10(8-11)4-3-9-2-1-7-16-13(9)14(12)17/h1-2,5-8,14,17H,3-4H2. The summed E-state index contributed by atoms with van der Waals surface area (Å²) < 4.78 is 0. The number of pyridine rings is 1. The summed E-state index contributed by atoms with van der Waals surface area (Å²) in [6.45, 7) is 0. The van der Waals surface area contributed by atoms with Gasteiger partial charge in [0.2, 0.25) is 0 Å². The topological polar surface area (TPSA) is 33.1 Å². The smallest absolute Gasteiger partial charge is 0.121 e. The van der Waals surface area contributed by atoms with Crippen LogP contribution >= 0.6 is 11.6 Å². The number of benzene rings is 1. The molecule has 17 heavy (non-hydrogen) atoms. The number of aromatic nitrogens is 1. The monoisotopic (exact) mass is 245 g/mol. The molecule has 3 rings (SSSR count). The number of halogens is 1. The number of rotatable bonds is 0. The van der Waals surface area contributed by atoms with Gasteiger partial charge in [0.1, 0.15) is 6.10 Å². The molecule has 0 saturated carbocycles. The van der Waals surface area contributed by atoms with Crippen LogP contribution in [0.3, 0.4) is 0 Å². The molecular formula is C14H12ClNO. The second-order valence-corrected chi connectivity index (χ2v) is 4.73. The van der Waals surface area contributed by atoms with Crippen molar-refractivity contribution in [2.45, 2.75) is 18.9 Å². The molecule has 0 saturated heterocycles. The first-order valence-corrected chi connectivity index (χ1v) is 6.03. The quantitative estimate of drug-likeness (QED) is 0.774. The summed E-state index contributed by atoms with van der Waals surface area (Å²) in [5.74, 6) is 0. The molecule has 0 bridgehead atoms. The summed E-state index contributed by atoms with van der Waals surface area (Å²) in [4.78, 5) is 4.30. The van der Waals surface area contributed by atoms with Crippen LogP contribution in [0.5, 0.6) is 0 Å². The van der Waals surface area contributed by atoms with Gasteiger partial charge in [-0.2, -0.15) is 0 Å². The molecule has 2 aromatic rings. The minimum Gasteiger partial charge on any atom is -0.382 e. The lowest BCUT2D eigenvalue weighted by molar-refractivity contribution is 0.214. The van der Waals surface area contributed by atoms with Crippen molar-refractivity contribution in [2.24, 2.45) is 0 Å². The van der Waals surface area contributed by atoms with E-state index in [9.17, 15) is 5.11 Å². The highest BCUT2D eigenvalue weighted by molar-refractivity contribution is 6.30. The average molecular weight is 246 g/mol. The van der Waals surface area contributed by atoms with Crippen molar-refractivity contribution in [3.63, 3.8) is 0 Å². The fourth-order valence-electron chi connectivity index (χ4n) is 2.38. The zero-order chi connectivity index (χ0) is 11.8. The maximum absolute atomic E-state index is 10.4. The second-order valence-electron chi connectivity index (χ2n) is 4.29. The fourth-order valence-corrected chi connectivity index (χ4v) is 2.58. The first-order chi connectivity index (χ1) is 8.25. The summed E-state index contributed by atoms with van der Waals surface area (Å²) in [6.07, 6.45) is 2.88. The van der Waals surface area contributed by atoms with E-state index in [0.717, 1.165) is 40.2 Å². The molecule has 0 aliphatic heterocycles. The maximum Gasteiger partial charge on any atom is 0.121 e. The Bertz CT molecular complexity index is 568. The first kappa shape index (κ1) is 10.8. The van der Waals surface area contributed by atoms with E-state index in [-0.39, 0.29) is 0 Å². The van der Waals surface area contributed by atoms with Crippen molar-refractivity contribution < 1.29 is 5.11 Å². The van der Waals surface area contributed by atoms with E-state index in [0.29, 0.717) is 0 Å². The Kier molecular flexibility index (Phi) is 2.61. The van der Waals surface area contributed by atoms with E-state index in [1.165, 1.54) is 0 Å². The van der Waals surface area contributed by atoms with E-state index in [2.05, 4.69) is 4.98 Å². The minimum atomic E-state index is -0.638. The Balaban J connectivity index is 2.16. The molecule has 1 atom stereocenters. The molecule has 0 fully saturated rings. The molecule has 1 aliphatic carbocycles. The summed E-state index contributed by atoms with van der Waals surface area (Å²) in [5.41, 5.74) is 3.93. The summed E-state index contributed by atoms with van der Waals surface area (Å²) in [5, 5.41) is 11.1. The predicted molar refractivity (Wildman–Crippen MR) is 67.2 cm³/mol. The lowest BCUT2D eigenvalue weighted by atomic mass is 10.0. The van der Waals surface area contributed by atoms with Gasteiger partial charge in [0.05, 0.1) is 5.69 Å². The van der Waals surface area contributed by atoms with E-state index >= 15 is 0 Å². The van der Waals surface area contributed by atoms with Crippen LogP contribution in [0.15, 0.2) is 36.5 Å². The molecule has 2 nitrogen and oxygen atoms in total. The van der Waals surface area contributed by atoms with Crippen molar-refractivity contribution in [1.29, 1.82) is 0 Å². The number of nitrogens with zero attached hydrogens (tertiary/aromatic N) is 1. The average Bonchev–Trinajstić information content (AvgIpc) is 2.48. The Morgan fingerprint density at radius 2 is 2.00 bits per heavy atom. The van der Waals surface area contributed by atoms with Gasteiger partial charge in [0.25, 0.3) is 0 Å². The summed E-state index contributed by atoms with van der Waals surface area (Å²) >= 11 is 5.99. The molecule has 1 unspecified atom stereocenters. The number of aliphatic hydroxyl groups is 1. The third kappa shape index (κ3) is 1.84. The molecule has 1 aromatic carbocycles. The second kappa shape index (κ2) is 4.13. The van der Waals surface area contributed by atoms with Crippen LogP contribution in [0.25, 0.3) is 0 Å². The van der Waals surface area contributed by atoms with Gasteiger partial charge in [-0.3, -0.25) is 4.98 Å². The van der Waals surface area contributed by atoms with Crippen LogP contribution in [0.4, 0.5) is 0 Å². The van der Waals surface area contributed by atoms with Crippen LogP contribution in [0.1, 0.15) is 28.5 Å². The molecule has 1 aromatic heterocycles. The molecule has 0 radical (unpaired) electrons. The zero-order valence-electron chi connectivity index (χ0n) is 9.23. The largest absolute Gasteiger partial charge is 0.382 e. The molecule has 1 heterocycles. The van der Waals surface area contributed by atoms with Gasteiger partial charge in [0.15, 0.2) is 0 Å². The van der Waals surface area contributed by atoms with Gasteiger partial charge >= 0.3 is 0 Å². The lowest BCUT2D eigenvalue weighted by Crippen LogP contribution is -2.04. The number of hydrogen-bond acceptors (Lipinski definition) is 2. The van der Waals surface area contributed by atoms with Crippen molar-refractivity contribution in [1.82, 2.24) is 4.98 Å². The number of aliphatic hydroxyl groups excluding tert-OH is 1. The van der Waals surface area contributed by atoms with Gasteiger partial charge in [-0.25, -0.2) is 0 Å². The molecule has 0 amide bonds. The molecule has 86 valence electrons. The Morgan fingerprint density at radius 1 is 1.18 bits per heavy atom. The summed E-state index contributed by atoms with van der Waals surface area (Å²) in [6, 6.07) is 9.59. The van der Waals surface area contributed by atoms with E-state index in [1.807, 2.05) is 30.3 Å². The lowest BCUT2D eigenvalue weighted by Gasteiger charge is -2.13. The van der Waals surface area contributed by atoms with Gasteiger partial charge in [-0.15, -0.1) is 0 Å². The van der Waals surface area contributed by atoms with Crippen molar-refractivity contribution >= 4 is 11.6 Å². The molecule has 1 N–H and O–H groups in total. The summed E-state index contributed by atoms with van der Waals surface area (Å²) in [7, 11) is 0. The maximum atomic E-state index is 10.4. The van der Waals surface area contributed by atoms with Crippen LogP contribution in [-0.2, 0) is 12.8 Å². The Hall–Kier alpha value is -1.38. The SMILES string of the molecule is OC1c2ccc(Cl)cc2CCc2cccnc21. The highest BCUT2D eigenvalue weighted by atomic mass is 35.5. The van der Waals surface area contributed by atoms with Crippen molar-refractivity contribution in [3.8, 4) is 0 Å². The fraction of sp³-hybridized carbons (Fsp3) is 0.214. The van der Waals surface area contributed by atoms with Crippen molar-refractivity contribution in [3.05, 3.63) is 63.9 Å². The third-order valence-corrected chi connectivity index (χ3v) is 3.48. The molecule has 1 aliphatic rings. The van der Waals surface area contributed by atoms with E-state index in [1.54, 1.807) is 6.20 Å². The first-order valence-electron chi connectivity index (χ1n) is 5.66. The van der Waals surface area contributed by atoms with Crippen LogP contribution in [0, 0.1) is 0 Å². The number of fused-ring (bicyclic) bond motifs is 2. The highest BCUT2D eigenvalue weighted by Gasteiger charge is 2.22. The predicted octanol–water partition coefficient (Wildman–Crippen LogP) is 2.92. The zero-order valence-corrected chi connectivity index (χ0v) is 9.98. The van der Waals surface area contributed by atoms with Crippen LogP contribution in [0.2, 0.25) is 5.02 Å². The van der Waals surface area contributed by atoms with Gasteiger partial charge in [-0.1, -0.05) is 23.7 Å². The van der Waals surface area contributed by atoms with E-state index < -0.39 is 6.10 Å². The van der Waals surface area contributed by atoms with Crippen LogP contribution < -0.4 is 0 Å². The number of hydrogen-bond donors (Lipinski definition) is 1. The normalized spacial score (nSPS) is 18.1. The highest BCUT2D eigenvalue weighted by Crippen LogP contribution is 2.32. The third-order valence-electron chi connectivity index (χ3n) is 3.25. The van der Waals surface area contributed by atoms with Gasteiger partial charge < -0.3 is 5.11 Å². The minimum absolute atomic E-state index is 0.638.